The maximum absolute atomic E-state index is 12.0. The van der Waals surface area contributed by atoms with Crippen molar-refractivity contribution in [2.45, 2.75) is 25.5 Å². The van der Waals surface area contributed by atoms with Gasteiger partial charge in [0.1, 0.15) is 5.54 Å². The number of hydrogen-bond acceptors (Lipinski definition) is 4. The van der Waals surface area contributed by atoms with Gasteiger partial charge in [0, 0.05) is 30.0 Å². The van der Waals surface area contributed by atoms with Gasteiger partial charge in [0.25, 0.3) is 5.91 Å². The molecule has 0 saturated carbocycles. The van der Waals surface area contributed by atoms with Crippen molar-refractivity contribution in [3.63, 3.8) is 0 Å². The molecule has 2 aliphatic heterocycles. The lowest BCUT2D eigenvalue weighted by Gasteiger charge is -2.43. The first-order valence-electron chi connectivity index (χ1n) is 6.60. The minimum absolute atomic E-state index is 0.0201. The highest BCUT2D eigenvalue weighted by atomic mass is 16.3. The Morgan fingerprint density at radius 2 is 2.10 bits per heavy atom. The summed E-state index contributed by atoms with van der Waals surface area (Å²) in [6.07, 6.45) is -1.10. The number of benzene rings is 1. The Morgan fingerprint density at radius 1 is 1.35 bits per heavy atom. The van der Waals surface area contributed by atoms with E-state index in [1.165, 1.54) is 0 Å². The zero-order valence-electron chi connectivity index (χ0n) is 11.4. The summed E-state index contributed by atoms with van der Waals surface area (Å²) in [5.74, 6) is -0.430. The van der Waals surface area contributed by atoms with Gasteiger partial charge in [-0.15, -0.1) is 0 Å². The second-order valence-corrected chi connectivity index (χ2v) is 5.63. The van der Waals surface area contributed by atoms with Gasteiger partial charge in [0.2, 0.25) is 5.91 Å². The van der Waals surface area contributed by atoms with Crippen LogP contribution in [0.15, 0.2) is 18.2 Å². The molecule has 6 nitrogen and oxygen atoms in total. The number of carbonyl (C=O) groups excluding carboxylic acids is 2. The molecule has 3 N–H and O–H groups in total. The molecule has 106 valence electrons. The fourth-order valence-corrected chi connectivity index (χ4v) is 2.75. The van der Waals surface area contributed by atoms with Gasteiger partial charge in [-0.25, -0.2) is 0 Å². The fraction of sp³-hybridized carbons (Fsp3) is 0.429. The highest BCUT2D eigenvalue weighted by Crippen LogP contribution is 2.36. The molecule has 2 heterocycles. The quantitative estimate of drug-likeness (QED) is 0.692. The third kappa shape index (κ3) is 1.76. The van der Waals surface area contributed by atoms with Crippen molar-refractivity contribution >= 4 is 23.2 Å². The second kappa shape index (κ2) is 4.21. The summed E-state index contributed by atoms with van der Waals surface area (Å²) in [6, 6.07) is 5.38. The van der Waals surface area contributed by atoms with E-state index in [0.29, 0.717) is 24.3 Å². The molecule has 1 aromatic carbocycles. The fourth-order valence-electron chi connectivity index (χ4n) is 2.75. The number of anilines is 2. The third-order valence-electron chi connectivity index (χ3n) is 4.00. The van der Waals surface area contributed by atoms with Crippen LogP contribution in [-0.4, -0.2) is 35.5 Å². The Bertz CT molecular complexity index is 597. The van der Waals surface area contributed by atoms with Crippen molar-refractivity contribution in [2.24, 2.45) is 0 Å². The van der Waals surface area contributed by atoms with Crippen LogP contribution in [0.2, 0.25) is 0 Å². The number of amides is 2. The monoisotopic (exact) mass is 275 g/mol. The number of carbonyl (C=O) groups is 2. The smallest absolute Gasteiger partial charge is 0.257 e. The summed E-state index contributed by atoms with van der Waals surface area (Å²) < 4.78 is 0. The van der Waals surface area contributed by atoms with Gasteiger partial charge in [-0.3, -0.25) is 9.59 Å². The van der Waals surface area contributed by atoms with Crippen molar-refractivity contribution < 1.29 is 14.7 Å². The SMILES string of the molecule is CC1(C)C(=O)NCCN1c1ccc2c(c1)NC(=O)C2O. The number of rotatable bonds is 1. The number of hydrogen-bond donors (Lipinski definition) is 3. The lowest BCUT2D eigenvalue weighted by atomic mass is 9.97. The van der Waals surface area contributed by atoms with Crippen LogP contribution in [0.3, 0.4) is 0 Å². The Balaban J connectivity index is 1.98. The Kier molecular flexibility index (Phi) is 2.72. The van der Waals surface area contributed by atoms with E-state index >= 15 is 0 Å². The lowest BCUT2D eigenvalue weighted by Crippen LogP contribution is -2.62. The number of piperazine rings is 1. The summed E-state index contributed by atoms with van der Waals surface area (Å²) in [6.45, 7) is 5.02. The average molecular weight is 275 g/mol. The molecule has 0 bridgehead atoms. The lowest BCUT2D eigenvalue weighted by molar-refractivity contribution is -0.126. The maximum atomic E-state index is 12.0. The molecule has 1 unspecified atom stereocenters. The molecule has 20 heavy (non-hydrogen) atoms. The number of aliphatic hydroxyl groups excluding tert-OH is 1. The van der Waals surface area contributed by atoms with Crippen LogP contribution in [0.25, 0.3) is 0 Å². The van der Waals surface area contributed by atoms with Crippen molar-refractivity contribution in [1.82, 2.24) is 5.32 Å². The van der Waals surface area contributed by atoms with E-state index in [2.05, 4.69) is 10.6 Å². The van der Waals surface area contributed by atoms with Crippen LogP contribution in [0, 0.1) is 0 Å². The van der Waals surface area contributed by atoms with E-state index in [1.807, 2.05) is 30.9 Å². The molecule has 0 spiro atoms. The molecule has 1 fully saturated rings. The summed E-state index contributed by atoms with van der Waals surface area (Å²) in [4.78, 5) is 25.4. The van der Waals surface area contributed by atoms with Crippen LogP contribution < -0.4 is 15.5 Å². The number of fused-ring (bicyclic) bond motifs is 1. The van der Waals surface area contributed by atoms with Crippen LogP contribution >= 0.6 is 0 Å². The Morgan fingerprint density at radius 3 is 2.85 bits per heavy atom. The molecule has 3 rings (SSSR count). The number of nitrogens with zero attached hydrogens (tertiary/aromatic N) is 1. The Labute approximate surface area is 116 Å². The highest BCUT2D eigenvalue weighted by molar-refractivity contribution is 6.02. The first kappa shape index (κ1) is 12.9. The van der Waals surface area contributed by atoms with Gasteiger partial charge in [-0.2, -0.15) is 0 Å². The van der Waals surface area contributed by atoms with Crippen LogP contribution in [0.5, 0.6) is 0 Å². The van der Waals surface area contributed by atoms with E-state index < -0.39 is 17.6 Å². The van der Waals surface area contributed by atoms with E-state index in [0.717, 1.165) is 5.69 Å². The third-order valence-corrected chi connectivity index (χ3v) is 4.00. The minimum atomic E-state index is -1.10. The molecule has 2 aliphatic rings. The summed E-state index contributed by atoms with van der Waals surface area (Å²) in [7, 11) is 0. The van der Waals surface area contributed by atoms with Gasteiger partial charge >= 0.3 is 0 Å². The van der Waals surface area contributed by atoms with Crippen molar-refractivity contribution in [2.75, 3.05) is 23.3 Å². The highest BCUT2D eigenvalue weighted by Gasteiger charge is 2.38. The zero-order valence-corrected chi connectivity index (χ0v) is 11.4. The first-order valence-corrected chi connectivity index (χ1v) is 6.60. The molecule has 0 aromatic heterocycles. The van der Waals surface area contributed by atoms with Gasteiger partial charge in [-0.05, 0) is 26.0 Å². The summed E-state index contributed by atoms with van der Waals surface area (Å²) >= 11 is 0. The van der Waals surface area contributed by atoms with E-state index in [1.54, 1.807) is 6.07 Å². The summed E-state index contributed by atoms with van der Waals surface area (Å²) in [5.41, 5.74) is 1.41. The van der Waals surface area contributed by atoms with Gasteiger partial charge < -0.3 is 20.6 Å². The summed E-state index contributed by atoms with van der Waals surface area (Å²) in [5, 5.41) is 15.2. The van der Waals surface area contributed by atoms with Crippen molar-refractivity contribution in [1.29, 1.82) is 0 Å². The topological polar surface area (TPSA) is 81.7 Å². The van der Waals surface area contributed by atoms with E-state index in [4.69, 9.17) is 0 Å². The molecular weight excluding hydrogens is 258 g/mol. The average Bonchev–Trinajstić information content (AvgIpc) is 2.68. The van der Waals surface area contributed by atoms with E-state index in [-0.39, 0.29) is 5.91 Å². The molecule has 1 atom stereocenters. The van der Waals surface area contributed by atoms with Gasteiger partial charge in [0.15, 0.2) is 6.10 Å². The van der Waals surface area contributed by atoms with Crippen molar-refractivity contribution in [3.8, 4) is 0 Å². The Hall–Kier alpha value is -2.08. The molecule has 0 radical (unpaired) electrons. The molecule has 2 amide bonds. The molecule has 1 saturated heterocycles. The molecule has 1 aromatic rings. The molecular formula is C14H17N3O3. The maximum Gasteiger partial charge on any atom is 0.257 e. The molecule has 6 heteroatoms. The largest absolute Gasteiger partial charge is 0.378 e. The minimum Gasteiger partial charge on any atom is -0.378 e. The zero-order chi connectivity index (χ0) is 14.5. The second-order valence-electron chi connectivity index (χ2n) is 5.63. The van der Waals surface area contributed by atoms with Crippen molar-refractivity contribution in [3.05, 3.63) is 23.8 Å². The number of aliphatic hydroxyl groups is 1. The number of nitrogens with one attached hydrogen (secondary N) is 2. The van der Waals surface area contributed by atoms with Crippen LogP contribution in [0.1, 0.15) is 25.5 Å². The predicted octanol–water partition coefficient (Wildman–Crippen LogP) is 0.387. The standard InChI is InChI=1S/C14H17N3O3/c1-14(2)13(20)15-5-6-17(14)8-3-4-9-10(7-8)16-12(19)11(9)18/h3-4,7,11,18H,5-6H2,1-2H3,(H,15,20)(H,16,19). The van der Waals surface area contributed by atoms with Gasteiger partial charge in [0.05, 0.1) is 0 Å². The van der Waals surface area contributed by atoms with Crippen LogP contribution in [0.4, 0.5) is 11.4 Å². The normalized spacial score (nSPS) is 24.1. The van der Waals surface area contributed by atoms with Crippen LogP contribution in [-0.2, 0) is 9.59 Å². The predicted molar refractivity (Wildman–Crippen MR) is 74.5 cm³/mol. The van der Waals surface area contributed by atoms with Gasteiger partial charge in [-0.1, -0.05) is 6.07 Å². The molecule has 0 aliphatic carbocycles. The first-order chi connectivity index (χ1) is 9.41. The van der Waals surface area contributed by atoms with E-state index in [9.17, 15) is 14.7 Å².